The molecule has 0 bridgehead atoms. The highest BCUT2D eigenvalue weighted by atomic mass is 16.5. The monoisotopic (exact) mass is 344 g/mol. The number of benzene rings is 1. The molecule has 1 aromatic rings. The molecule has 0 aliphatic carbocycles. The summed E-state index contributed by atoms with van der Waals surface area (Å²) in [5.41, 5.74) is 1.12. The van der Waals surface area contributed by atoms with Crippen LogP contribution in [-0.4, -0.2) is 49.7 Å². The number of likely N-dealkylation sites (tertiary alicyclic amines) is 1. The lowest BCUT2D eigenvalue weighted by Gasteiger charge is -2.39. The van der Waals surface area contributed by atoms with E-state index in [-0.39, 0.29) is 11.8 Å². The third-order valence-electron chi connectivity index (χ3n) is 5.85. The van der Waals surface area contributed by atoms with Gasteiger partial charge in [0, 0.05) is 25.8 Å². The van der Waals surface area contributed by atoms with E-state index in [0.29, 0.717) is 12.0 Å². The Balaban J connectivity index is 1.42. The van der Waals surface area contributed by atoms with E-state index < -0.39 is 0 Å². The fourth-order valence-electron chi connectivity index (χ4n) is 4.20. The largest absolute Gasteiger partial charge is 0.381 e. The first-order valence-corrected chi connectivity index (χ1v) is 9.92. The number of hydrogen-bond donors (Lipinski definition) is 1. The Kier molecular flexibility index (Phi) is 6.88. The van der Waals surface area contributed by atoms with Gasteiger partial charge in [-0.15, -0.1) is 0 Å². The van der Waals surface area contributed by atoms with E-state index >= 15 is 0 Å². The third kappa shape index (κ3) is 5.05. The highest BCUT2D eigenvalue weighted by Crippen LogP contribution is 2.24. The molecule has 1 aromatic carbocycles. The van der Waals surface area contributed by atoms with Crippen LogP contribution in [0, 0.1) is 5.92 Å². The van der Waals surface area contributed by atoms with Crippen LogP contribution >= 0.6 is 0 Å². The Labute approximate surface area is 151 Å². The van der Waals surface area contributed by atoms with Crippen LogP contribution in [0.2, 0.25) is 0 Å². The zero-order valence-corrected chi connectivity index (χ0v) is 15.5. The maximum absolute atomic E-state index is 12.6. The molecule has 1 amide bonds. The quantitative estimate of drug-likeness (QED) is 0.862. The van der Waals surface area contributed by atoms with Crippen LogP contribution < -0.4 is 5.32 Å². The van der Waals surface area contributed by atoms with Crippen LogP contribution in [0.5, 0.6) is 0 Å². The number of amides is 1. The molecule has 1 N–H and O–H groups in total. The van der Waals surface area contributed by atoms with Gasteiger partial charge >= 0.3 is 0 Å². The van der Waals surface area contributed by atoms with E-state index in [1.165, 1.54) is 38.8 Å². The number of nitrogens with zero attached hydrogens (tertiary/aromatic N) is 1. The number of carbonyl (C=O) groups is 1. The summed E-state index contributed by atoms with van der Waals surface area (Å²) in [6.45, 7) is 7.08. The number of rotatable bonds is 6. The Morgan fingerprint density at radius 2 is 1.84 bits per heavy atom. The minimum absolute atomic E-state index is 0.0245. The van der Waals surface area contributed by atoms with E-state index in [2.05, 4.69) is 29.3 Å². The van der Waals surface area contributed by atoms with Gasteiger partial charge in [-0.3, -0.25) is 4.79 Å². The molecule has 2 fully saturated rings. The lowest BCUT2D eigenvalue weighted by molar-refractivity contribution is -0.122. The highest BCUT2D eigenvalue weighted by molar-refractivity contribution is 5.83. The second-order valence-corrected chi connectivity index (χ2v) is 7.44. The van der Waals surface area contributed by atoms with Crippen LogP contribution in [0.25, 0.3) is 0 Å². The minimum Gasteiger partial charge on any atom is -0.381 e. The normalized spacial score (nSPS) is 21.8. The van der Waals surface area contributed by atoms with Gasteiger partial charge in [0.05, 0.1) is 5.92 Å². The zero-order valence-electron chi connectivity index (χ0n) is 15.5. The van der Waals surface area contributed by atoms with Crippen LogP contribution in [0.15, 0.2) is 30.3 Å². The molecule has 1 atom stereocenters. The fourth-order valence-corrected chi connectivity index (χ4v) is 4.20. The number of nitrogens with one attached hydrogen (secondary N) is 1. The van der Waals surface area contributed by atoms with E-state index in [9.17, 15) is 4.79 Å². The van der Waals surface area contributed by atoms with Gasteiger partial charge < -0.3 is 15.0 Å². The highest BCUT2D eigenvalue weighted by Gasteiger charge is 2.27. The molecule has 25 heavy (non-hydrogen) atoms. The fraction of sp³-hybridized carbons (Fsp3) is 0.667. The van der Waals surface area contributed by atoms with Gasteiger partial charge in [-0.05, 0) is 56.7 Å². The van der Waals surface area contributed by atoms with Gasteiger partial charge in [-0.1, -0.05) is 37.3 Å². The second-order valence-electron chi connectivity index (χ2n) is 7.44. The van der Waals surface area contributed by atoms with Crippen LogP contribution in [0.4, 0.5) is 0 Å². The summed E-state index contributed by atoms with van der Waals surface area (Å²) < 4.78 is 5.47. The Morgan fingerprint density at radius 1 is 1.16 bits per heavy atom. The first-order chi connectivity index (χ1) is 12.3. The van der Waals surface area contributed by atoms with Crippen molar-refractivity contribution in [2.75, 3.05) is 32.8 Å². The van der Waals surface area contributed by atoms with E-state index in [4.69, 9.17) is 4.74 Å². The van der Waals surface area contributed by atoms with Crippen molar-refractivity contribution < 1.29 is 9.53 Å². The van der Waals surface area contributed by atoms with Crippen molar-refractivity contribution >= 4 is 5.91 Å². The third-order valence-corrected chi connectivity index (χ3v) is 5.85. The first-order valence-electron chi connectivity index (χ1n) is 9.92. The first kappa shape index (κ1) is 18.4. The smallest absolute Gasteiger partial charge is 0.227 e. The van der Waals surface area contributed by atoms with Crippen molar-refractivity contribution in [3.63, 3.8) is 0 Å². The van der Waals surface area contributed by atoms with Gasteiger partial charge in [-0.2, -0.15) is 0 Å². The van der Waals surface area contributed by atoms with Gasteiger partial charge in [0.1, 0.15) is 0 Å². The second kappa shape index (κ2) is 9.35. The predicted octanol–water partition coefficient (Wildman–Crippen LogP) is 3.19. The standard InChI is InChI=1S/C21H32N2O2/c1-2-20(18-6-4-3-5-7-18)21(24)22-16-17-8-12-23(13-9-17)19-10-14-25-15-11-19/h3-7,17,19-20H,2,8-16H2,1H3,(H,22,24). The number of carbonyl (C=O) groups excluding carboxylic acids is 1. The van der Waals surface area contributed by atoms with Crippen molar-refractivity contribution in [3.05, 3.63) is 35.9 Å². The van der Waals surface area contributed by atoms with Gasteiger partial charge in [-0.25, -0.2) is 0 Å². The molecule has 2 aliphatic rings. The molecule has 2 aliphatic heterocycles. The van der Waals surface area contributed by atoms with Crippen molar-refractivity contribution in [2.24, 2.45) is 5.92 Å². The topological polar surface area (TPSA) is 41.6 Å². The average molecular weight is 344 g/mol. The van der Waals surface area contributed by atoms with E-state index in [1.807, 2.05) is 18.2 Å². The van der Waals surface area contributed by atoms with Crippen LogP contribution in [0.1, 0.15) is 50.5 Å². The summed E-state index contributed by atoms with van der Waals surface area (Å²) in [6, 6.07) is 10.8. The van der Waals surface area contributed by atoms with E-state index in [1.54, 1.807) is 0 Å². The summed E-state index contributed by atoms with van der Waals surface area (Å²) >= 11 is 0. The average Bonchev–Trinajstić information content (AvgIpc) is 2.69. The van der Waals surface area contributed by atoms with Gasteiger partial charge in [0.15, 0.2) is 0 Å². The zero-order chi connectivity index (χ0) is 17.5. The molecule has 0 saturated carbocycles. The molecule has 0 aromatic heterocycles. The van der Waals surface area contributed by atoms with Crippen LogP contribution in [0.3, 0.4) is 0 Å². The molecular weight excluding hydrogens is 312 g/mol. The number of piperidine rings is 1. The maximum Gasteiger partial charge on any atom is 0.227 e. The lowest BCUT2D eigenvalue weighted by atomic mass is 9.92. The Hall–Kier alpha value is -1.39. The summed E-state index contributed by atoms with van der Waals surface area (Å²) in [5, 5.41) is 3.22. The molecule has 4 nitrogen and oxygen atoms in total. The Bertz CT molecular complexity index is 520. The number of hydrogen-bond acceptors (Lipinski definition) is 3. The van der Waals surface area contributed by atoms with Crippen LogP contribution in [-0.2, 0) is 9.53 Å². The van der Waals surface area contributed by atoms with Crippen molar-refractivity contribution in [1.29, 1.82) is 0 Å². The maximum atomic E-state index is 12.6. The minimum atomic E-state index is -0.0245. The van der Waals surface area contributed by atoms with Gasteiger partial charge in [0.25, 0.3) is 0 Å². The SMILES string of the molecule is CCC(C(=O)NCC1CCN(C2CCOCC2)CC1)c1ccccc1. The molecule has 2 heterocycles. The van der Waals surface area contributed by atoms with E-state index in [0.717, 1.165) is 31.7 Å². The molecule has 1 unspecified atom stereocenters. The molecular formula is C21H32N2O2. The summed E-state index contributed by atoms with van der Waals surface area (Å²) in [7, 11) is 0. The molecule has 2 saturated heterocycles. The molecule has 0 radical (unpaired) electrons. The summed E-state index contributed by atoms with van der Waals surface area (Å²) in [4.78, 5) is 15.2. The summed E-state index contributed by atoms with van der Waals surface area (Å²) in [6.07, 6.45) is 5.59. The molecule has 138 valence electrons. The van der Waals surface area contributed by atoms with Crippen molar-refractivity contribution in [2.45, 2.75) is 51.0 Å². The lowest BCUT2D eigenvalue weighted by Crippen LogP contribution is -2.46. The van der Waals surface area contributed by atoms with Crippen molar-refractivity contribution in [3.8, 4) is 0 Å². The molecule has 4 heteroatoms. The number of ether oxygens (including phenoxy) is 1. The molecule has 3 rings (SSSR count). The molecule has 0 spiro atoms. The van der Waals surface area contributed by atoms with Gasteiger partial charge in [0.2, 0.25) is 5.91 Å². The Morgan fingerprint density at radius 3 is 2.48 bits per heavy atom. The van der Waals surface area contributed by atoms with Crippen molar-refractivity contribution in [1.82, 2.24) is 10.2 Å². The summed E-state index contributed by atoms with van der Waals surface area (Å²) in [5.74, 6) is 0.775. The predicted molar refractivity (Wildman–Crippen MR) is 101 cm³/mol.